The van der Waals surface area contributed by atoms with E-state index in [0.717, 1.165) is 0 Å². The van der Waals surface area contributed by atoms with E-state index in [4.69, 9.17) is 35.9 Å². The Labute approximate surface area is 208 Å². The van der Waals surface area contributed by atoms with Crippen molar-refractivity contribution in [3.63, 3.8) is 0 Å². The summed E-state index contributed by atoms with van der Waals surface area (Å²) in [6, 6.07) is 11.8. The molecule has 186 valence electrons. The number of ketones is 1. The molecule has 0 bridgehead atoms. The fourth-order valence-corrected chi connectivity index (χ4v) is 4.27. The molecule has 0 aromatic heterocycles. The molecule has 4 atom stereocenters. The van der Waals surface area contributed by atoms with Crippen LogP contribution in [0.2, 0.25) is 0 Å². The normalized spacial score (nSPS) is 22.6. The van der Waals surface area contributed by atoms with Crippen molar-refractivity contribution in [2.45, 2.75) is 31.3 Å². The number of rotatable bonds is 7. The molecular formula is C24H27N3O7S. The number of anilines is 2. The number of hydrogen-bond donors (Lipinski definition) is 3. The molecule has 0 saturated carbocycles. The Hall–Kier alpha value is -3.41. The quantitative estimate of drug-likeness (QED) is 0.386. The van der Waals surface area contributed by atoms with Crippen molar-refractivity contribution in [3.8, 4) is 11.5 Å². The topological polar surface area (TPSA) is 116 Å². The first-order valence-corrected chi connectivity index (χ1v) is 11.4. The molecule has 0 aliphatic carbocycles. The zero-order chi connectivity index (χ0) is 24.9. The van der Waals surface area contributed by atoms with Crippen molar-refractivity contribution in [2.75, 3.05) is 38.1 Å². The Morgan fingerprint density at radius 1 is 0.943 bits per heavy atom. The number of fused-ring (bicyclic) bond motifs is 1. The van der Waals surface area contributed by atoms with Crippen molar-refractivity contribution >= 4 is 40.6 Å². The number of thiocarbonyl (C=S) groups is 1. The Morgan fingerprint density at radius 3 is 2.34 bits per heavy atom. The smallest absolute Gasteiger partial charge is 0.412 e. The number of carbonyl (C=O) groups excluding carboxylic acids is 2. The van der Waals surface area contributed by atoms with E-state index in [1.165, 1.54) is 6.92 Å². The minimum Gasteiger partial charge on any atom is -0.497 e. The van der Waals surface area contributed by atoms with Gasteiger partial charge < -0.3 is 34.3 Å². The summed E-state index contributed by atoms with van der Waals surface area (Å²) < 4.78 is 27.8. The average molecular weight is 502 g/mol. The molecule has 0 spiro atoms. The number of hydrogen-bond acceptors (Lipinski definition) is 8. The minimum absolute atomic E-state index is 0.0927. The van der Waals surface area contributed by atoms with E-state index in [0.29, 0.717) is 40.2 Å². The van der Waals surface area contributed by atoms with Crippen LogP contribution in [0.25, 0.3) is 0 Å². The van der Waals surface area contributed by atoms with Gasteiger partial charge in [0.15, 0.2) is 17.0 Å². The van der Waals surface area contributed by atoms with Crippen LogP contribution in [0.1, 0.15) is 17.3 Å². The summed E-state index contributed by atoms with van der Waals surface area (Å²) in [5.74, 6) is 1.17. The van der Waals surface area contributed by atoms with Crippen molar-refractivity contribution in [2.24, 2.45) is 0 Å². The van der Waals surface area contributed by atoms with Crippen LogP contribution in [0.15, 0.2) is 42.5 Å². The third kappa shape index (κ3) is 5.99. The lowest BCUT2D eigenvalue weighted by atomic mass is 10.1. The molecule has 2 aromatic rings. The molecule has 2 saturated heterocycles. The van der Waals surface area contributed by atoms with Crippen LogP contribution in [0.4, 0.5) is 16.2 Å². The maximum Gasteiger partial charge on any atom is 0.412 e. The average Bonchev–Trinajstić information content (AvgIpc) is 3.42. The van der Waals surface area contributed by atoms with Gasteiger partial charge in [0.25, 0.3) is 0 Å². The molecule has 1 amide bonds. The van der Waals surface area contributed by atoms with Crippen LogP contribution in [-0.2, 0) is 14.2 Å². The van der Waals surface area contributed by atoms with E-state index in [1.807, 2.05) is 0 Å². The third-order valence-electron chi connectivity index (χ3n) is 5.71. The molecule has 2 heterocycles. The molecule has 10 nitrogen and oxygen atoms in total. The van der Waals surface area contributed by atoms with Crippen LogP contribution >= 0.6 is 12.2 Å². The third-order valence-corrected chi connectivity index (χ3v) is 5.93. The van der Waals surface area contributed by atoms with Crippen molar-refractivity contribution in [1.29, 1.82) is 0 Å². The number of amides is 1. The molecule has 0 radical (unpaired) electrons. The highest BCUT2D eigenvalue weighted by Crippen LogP contribution is 2.30. The zero-order valence-electron chi connectivity index (χ0n) is 19.5. The number of ether oxygens (including phenoxy) is 5. The molecule has 2 aliphatic heterocycles. The van der Waals surface area contributed by atoms with E-state index in [9.17, 15) is 9.59 Å². The molecule has 11 heteroatoms. The highest BCUT2D eigenvalue weighted by atomic mass is 32.1. The van der Waals surface area contributed by atoms with Gasteiger partial charge in [-0.3, -0.25) is 10.1 Å². The summed E-state index contributed by atoms with van der Waals surface area (Å²) in [4.78, 5) is 24.0. The predicted molar refractivity (Wildman–Crippen MR) is 133 cm³/mol. The predicted octanol–water partition coefficient (Wildman–Crippen LogP) is 2.98. The van der Waals surface area contributed by atoms with Crippen LogP contribution in [0.3, 0.4) is 0 Å². The van der Waals surface area contributed by atoms with E-state index < -0.39 is 18.3 Å². The zero-order valence-corrected chi connectivity index (χ0v) is 20.3. The van der Waals surface area contributed by atoms with Gasteiger partial charge >= 0.3 is 6.09 Å². The summed E-state index contributed by atoms with van der Waals surface area (Å²) in [6.07, 6.45) is -1.99. The van der Waals surface area contributed by atoms with E-state index in [2.05, 4.69) is 16.0 Å². The van der Waals surface area contributed by atoms with Gasteiger partial charge in [0, 0.05) is 35.1 Å². The Balaban J connectivity index is 1.30. The Kier molecular flexibility index (Phi) is 7.69. The number of carbonyl (C=O) groups is 2. The summed E-state index contributed by atoms with van der Waals surface area (Å²) in [5.41, 5.74) is 1.67. The summed E-state index contributed by atoms with van der Waals surface area (Å²) in [6.45, 7) is 1.99. The largest absolute Gasteiger partial charge is 0.497 e. The molecule has 35 heavy (non-hydrogen) atoms. The summed E-state index contributed by atoms with van der Waals surface area (Å²) in [7, 11) is 3.15. The molecule has 3 N–H and O–H groups in total. The van der Waals surface area contributed by atoms with Crippen molar-refractivity contribution in [1.82, 2.24) is 5.32 Å². The second kappa shape index (κ2) is 10.9. The van der Waals surface area contributed by atoms with Gasteiger partial charge in [-0.2, -0.15) is 0 Å². The van der Waals surface area contributed by atoms with Crippen LogP contribution in [0, 0.1) is 0 Å². The molecule has 4 unspecified atom stereocenters. The van der Waals surface area contributed by atoms with E-state index in [1.54, 1.807) is 56.7 Å². The van der Waals surface area contributed by atoms with E-state index in [-0.39, 0.29) is 24.5 Å². The highest BCUT2D eigenvalue weighted by molar-refractivity contribution is 7.80. The molecule has 4 rings (SSSR count). The van der Waals surface area contributed by atoms with Gasteiger partial charge in [0.1, 0.15) is 23.7 Å². The molecule has 2 fully saturated rings. The van der Waals surface area contributed by atoms with Crippen LogP contribution in [-0.4, -0.2) is 68.8 Å². The van der Waals surface area contributed by atoms with Gasteiger partial charge in [-0.25, -0.2) is 4.79 Å². The SMILES string of the molecule is COc1cc(NC(=S)NC2COC3C(OC(=O)Nc4cccc(C(C)=O)c4)COC23)cc(OC)c1. The second-order valence-electron chi connectivity index (χ2n) is 8.11. The fourth-order valence-electron chi connectivity index (χ4n) is 4.00. The van der Waals surface area contributed by atoms with Crippen molar-refractivity contribution in [3.05, 3.63) is 48.0 Å². The number of benzene rings is 2. The van der Waals surface area contributed by atoms with Gasteiger partial charge in [0.2, 0.25) is 0 Å². The molecule has 2 aliphatic rings. The first-order chi connectivity index (χ1) is 16.9. The maximum atomic E-state index is 12.4. The molecule has 2 aromatic carbocycles. The van der Waals surface area contributed by atoms with Gasteiger partial charge in [-0.15, -0.1) is 0 Å². The second-order valence-corrected chi connectivity index (χ2v) is 8.52. The monoisotopic (exact) mass is 501 g/mol. The first-order valence-electron chi connectivity index (χ1n) is 11.0. The first kappa shape index (κ1) is 24.7. The van der Waals surface area contributed by atoms with Gasteiger partial charge in [-0.05, 0) is 31.3 Å². The minimum atomic E-state index is -0.649. The van der Waals surface area contributed by atoms with Crippen LogP contribution < -0.4 is 25.4 Å². The number of methoxy groups -OCH3 is 2. The van der Waals surface area contributed by atoms with Gasteiger partial charge in [-0.1, -0.05) is 12.1 Å². The summed E-state index contributed by atoms with van der Waals surface area (Å²) in [5, 5.41) is 9.34. The lowest BCUT2D eigenvalue weighted by molar-refractivity contribution is 0.00880. The maximum absolute atomic E-state index is 12.4. The van der Waals surface area contributed by atoms with Crippen molar-refractivity contribution < 1.29 is 33.3 Å². The lowest BCUT2D eigenvalue weighted by Crippen LogP contribution is -2.46. The highest BCUT2D eigenvalue weighted by Gasteiger charge is 2.49. The van der Waals surface area contributed by atoms with Crippen LogP contribution in [0.5, 0.6) is 11.5 Å². The summed E-state index contributed by atoms with van der Waals surface area (Å²) >= 11 is 5.46. The fraction of sp³-hybridized carbons (Fsp3) is 0.375. The lowest BCUT2D eigenvalue weighted by Gasteiger charge is -2.20. The number of nitrogens with one attached hydrogen (secondary N) is 3. The van der Waals surface area contributed by atoms with Gasteiger partial charge in [0.05, 0.1) is 33.5 Å². The number of Topliss-reactive ketones (excluding diaryl/α,β-unsaturated/α-hetero) is 1. The Morgan fingerprint density at radius 2 is 1.66 bits per heavy atom. The van der Waals surface area contributed by atoms with E-state index >= 15 is 0 Å². The standard InChI is InChI=1S/C24H27N3O7S/c1-13(28)14-5-4-6-15(7-14)26-24(29)34-20-12-33-21-19(11-32-22(20)21)27-23(35)25-16-8-17(30-2)10-18(9-16)31-3/h4-10,19-22H,11-12H2,1-3H3,(H,26,29)(H2,25,27,35). The molecular weight excluding hydrogens is 474 g/mol. The Bertz CT molecular complexity index is 1090.